The van der Waals surface area contributed by atoms with Crippen LogP contribution in [0.15, 0.2) is 0 Å². The molecule has 0 aromatic heterocycles. The molecule has 0 spiro atoms. The molecule has 9 heavy (non-hydrogen) atoms. The first-order valence-corrected chi connectivity index (χ1v) is 3.68. The van der Waals surface area contributed by atoms with E-state index in [-0.39, 0.29) is 11.2 Å². The average molecular weight is 125 g/mol. The topological polar surface area (TPSA) is 9.23 Å². The zero-order valence-electron chi connectivity index (χ0n) is 5.94. The van der Waals surface area contributed by atoms with Crippen LogP contribution < -0.4 is 0 Å². The summed E-state index contributed by atoms with van der Waals surface area (Å²) in [4.78, 5) is 0. The lowest BCUT2D eigenvalue weighted by molar-refractivity contribution is -0.0119. The summed E-state index contributed by atoms with van der Waals surface area (Å²) in [7, 11) is 0. The number of fused-ring (bicyclic) bond motifs is 2. The molecule has 0 unspecified atom stereocenters. The highest BCUT2D eigenvalue weighted by Crippen LogP contribution is 2.49. The van der Waals surface area contributed by atoms with Crippen LogP contribution in [0.25, 0.3) is 0 Å². The molecule has 2 heterocycles. The molecule has 2 aliphatic rings. The van der Waals surface area contributed by atoms with Crippen molar-refractivity contribution in [3.63, 3.8) is 0 Å². The summed E-state index contributed by atoms with van der Waals surface area (Å²) in [5.41, 5.74) is 0.233. The van der Waals surface area contributed by atoms with E-state index in [1.807, 2.05) is 0 Å². The zero-order valence-corrected chi connectivity index (χ0v) is 5.94. The molecule has 2 aliphatic heterocycles. The standard InChI is InChI=1S/C8H13O/c1-7-3-5-8(2,9-7)6-4-7/h1,3-6H2,2H3. The van der Waals surface area contributed by atoms with E-state index in [1.54, 1.807) is 0 Å². The van der Waals surface area contributed by atoms with Crippen molar-refractivity contribution < 1.29 is 4.74 Å². The van der Waals surface area contributed by atoms with Gasteiger partial charge < -0.3 is 4.74 Å². The fourth-order valence-electron chi connectivity index (χ4n) is 1.96. The van der Waals surface area contributed by atoms with Gasteiger partial charge in [-0.3, -0.25) is 0 Å². The Kier molecular flexibility index (Phi) is 0.852. The number of hydrogen-bond acceptors (Lipinski definition) is 1. The van der Waals surface area contributed by atoms with Gasteiger partial charge in [0.05, 0.1) is 11.2 Å². The van der Waals surface area contributed by atoms with E-state index in [1.165, 1.54) is 25.7 Å². The maximum absolute atomic E-state index is 5.74. The fourth-order valence-corrected chi connectivity index (χ4v) is 1.96. The van der Waals surface area contributed by atoms with E-state index >= 15 is 0 Å². The minimum atomic E-state index is 0.0226. The van der Waals surface area contributed by atoms with E-state index in [9.17, 15) is 0 Å². The van der Waals surface area contributed by atoms with Crippen molar-refractivity contribution in [3.05, 3.63) is 6.92 Å². The summed E-state index contributed by atoms with van der Waals surface area (Å²) in [6.45, 7) is 6.25. The lowest BCUT2D eigenvalue weighted by Gasteiger charge is -2.16. The first-order chi connectivity index (χ1) is 4.12. The number of ether oxygens (including phenoxy) is 1. The fraction of sp³-hybridized carbons (Fsp3) is 0.875. The molecule has 2 saturated heterocycles. The summed E-state index contributed by atoms with van der Waals surface area (Å²) < 4.78 is 5.74. The Morgan fingerprint density at radius 2 is 1.78 bits per heavy atom. The van der Waals surface area contributed by atoms with Crippen molar-refractivity contribution in [2.45, 2.75) is 43.8 Å². The van der Waals surface area contributed by atoms with E-state index in [2.05, 4.69) is 13.8 Å². The third kappa shape index (κ3) is 0.710. The maximum atomic E-state index is 5.74. The first kappa shape index (κ1) is 5.72. The van der Waals surface area contributed by atoms with Gasteiger partial charge in [-0.05, 0) is 39.5 Å². The summed E-state index contributed by atoms with van der Waals surface area (Å²) >= 11 is 0. The normalized spacial score (nSPS) is 56.7. The van der Waals surface area contributed by atoms with Crippen LogP contribution in [-0.4, -0.2) is 11.2 Å². The van der Waals surface area contributed by atoms with Crippen molar-refractivity contribution in [2.24, 2.45) is 0 Å². The maximum Gasteiger partial charge on any atom is 0.0693 e. The van der Waals surface area contributed by atoms with Gasteiger partial charge in [-0.15, -0.1) is 0 Å². The SMILES string of the molecule is [CH2]C12CCC(C)(CC1)O2. The van der Waals surface area contributed by atoms with Gasteiger partial charge in [0, 0.05) is 0 Å². The van der Waals surface area contributed by atoms with Gasteiger partial charge >= 0.3 is 0 Å². The molecule has 0 aliphatic carbocycles. The molecule has 0 aromatic rings. The second-order valence-electron chi connectivity index (χ2n) is 3.73. The molecule has 1 radical (unpaired) electrons. The third-order valence-electron chi connectivity index (χ3n) is 2.68. The quantitative estimate of drug-likeness (QED) is 0.480. The predicted molar refractivity (Wildman–Crippen MR) is 36.0 cm³/mol. The van der Waals surface area contributed by atoms with Crippen LogP contribution in [0.4, 0.5) is 0 Å². The van der Waals surface area contributed by atoms with Gasteiger partial charge in [-0.1, -0.05) is 0 Å². The molecule has 2 bridgehead atoms. The Labute approximate surface area is 56.4 Å². The lowest BCUT2D eigenvalue weighted by Crippen LogP contribution is -2.18. The Hall–Kier alpha value is -0.0400. The molecule has 0 amide bonds. The highest BCUT2D eigenvalue weighted by molar-refractivity contribution is 5.04. The molecule has 1 nitrogen and oxygen atoms in total. The van der Waals surface area contributed by atoms with Gasteiger partial charge in [0.1, 0.15) is 0 Å². The average Bonchev–Trinajstić information content (AvgIpc) is 2.19. The Morgan fingerprint density at radius 3 is 1.89 bits per heavy atom. The van der Waals surface area contributed by atoms with E-state index in [0.717, 1.165) is 0 Å². The van der Waals surface area contributed by atoms with Crippen LogP contribution in [0.3, 0.4) is 0 Å². The van der Waals surface area contributed by atoms with Crippen LogP contribution in [0.2, 0.25) is 0 Å². The van der Waals surface area contributed by atoms with E-state index in [0.29, 0.717) is 0 Å². The lowest BCUT2D eigenvalue weighted by atomic mass is 9.84. The highest BCUT2D eigenvalue weighted by atomic mass is 16.5. The Morgan fingerprint density at radius 1 is 1.22 bits per heavy atom. The van der Waals surface area contributed by atoms with E-state index in [4.69, 9.17) is 4.74 Å². The van der Waals surface area contributed by atoms with Crippen LogP contribution >= 0.6 is 0 Å². The van der Waals surface area contributed by atoms with Crippen molar-refractivity contribution in [1.82, 2.24) is 0 Å². The van der Waals surface area contributed by atoms with Gasteiger partial charge in [0.2, 0.25) is 0 Å². The van der Waals surface area contributed by atoms with Crippen LogP contribution in [-0.2, 0) is 4.74 Å². The number of rotatable bonds is 0. The van der Waals surface area contributed by atoms with Crippen molar-refractivity contribution in [3.8, 4) is 0 Å². The molecule has 51 valence electrons. The molecule has 0 N–H and O–H groups in total. The number of hydrogen-bond donors (Lipinski definition) is 0. The summed E-state index contributed by atoms with van der Waals surface area (Å²) in [5.74, 6) is 0. The Balaban J connectivity index is 2.25. The minimum Gasteiger partial charge on any atom is -0.369 e. The largest absolute Gasteiger partial charge is 0.369 e. The molecule has 0 aromatic carbocycles. The minimum absolute atomic E-state index is 0.0226. The summed E-state index contributed by atoms with van der Waals surface area (Å²) in [6.07, 6.45) is 4.78. The Bertz CT molecular complexity index is 116. The second-order valence-corrected chi connectivity index (χ2v) is 3.73. The first-order valence-electron chi connectivity index (χ1n) is 3.68. The predicted octanol–water partition coefficient (Wildman–Crippen LogP) is 1.92. The summed E-state index contributed by atoms with van der Waals surface area (Å²) in [5, 5.41) is 0. The molecule has 2 fully saturated rings. The van der Waals surface area contributed by atoms with Crippen molar-refractivity contribution in [1.29, 1.82) is 0 Å². The van der Waals surface area contributed by atoms with Crippen LogP contribution in [0.5, 0.6) is 0 Å². The van der Waals surface area contributed by atoms with Crippen LogP contribution in [0.1, 0.15) is 32.6 Å². The zero-order chi connectivity index (χ0) is 6.54. The smallest absolute Gasteiger partial charge is 0.0693 e. The molecule has 1 heteroatoms. The monoisotopic (exact) mass is 125 g/mol. The highest BCUT2D eigenvalue weighted by Gasteiger charge is 2.49. The van der Waals surface area contributed by atoms with Gasteiger partial charge in [0.15, 0.2) is 0 Å². The van der Waals surface area contributed by atoms with Crippen molar-refractivity contribution in [2.75, 3.05) is 0 Å². The summed E-state index contributed by atoms with van der Waals surface area (Å²) in [6, 6.07) is 0. The van der Waals surface area contributed by atoms with Crippen LogP contribution in [0, 0.1) is 6.92 Å². The molecular weight excluding hydrogens is 112 g/mol. The molecule has 0 atom stereocenters. The van der Waals surface area contributed by atoms with Gasteiger partial charge in [0.25, 0.3) is 0 Å². The second kappa shape index (κ2) is 1.34. The van der Waals surface area contributed by atoms with Gasteiger partial charge in [-0.25, -0.2) is 0 Å². The van der Waals surface area contributed by atoms with Crippen molar-refractivity contribution >= 4 is 0 Å². The van der Waals surface area contributed by atoms with Gasteiger partial charge in [-0.2, -0.15) is 0 Å². The third-order valence-corrected chi connectivity index (χ3v) is 2.68. The molecule has 0 saturated carbocycles. The van der Waals surface area contributed by atoms with E-state index < -0.39 is 0 Å². The molecular formula is C8H13O. The molecule has 2 rings (SSSR count).